The number of carbonyl (C=O) groups is 1. The summed E-state index contributed by atoms with van der Waals surface area (Å²) in [5.41, 5.74) is 6.26. The third-order valence-corrected chi connectivity index (χ3v) is 8.09. The van der Waals surface area contributed by atoms with Crippen molar-refractivity contribution in [3.63, 3.8) is 0 Å². The Kier molecular flexibility index (Phi) is 8.21. The number of hydrazone groups is 1. The lowest BCUT2D eigenvalue weighted by atomic mass is 10.1. The van der Waals surface area contributed by atoms with E-state index in [4.69, 9.17) is 0 Å². The van der Waals surface area contributed by atoms with Gasteiger partial charge in [0.1, 0.15) is 0 Å². The number of carbonyl (C=O) groups excluding carboxylic acids is 1. The minimum atomic E-state index is -3.99. The van der Waals surface area contributed by atoms with Crippen molar-refractivity contribution >= 4 is 43.3 Å². The van der Waals surface area contributed by atoms with Gasteiger partial charge in [-0.05, 0) is 61.4 Å². The average molecular weight is 577 g/mol. The summed E-state index contributed by atoms with van der Waals surface area (Å²) in [6.45, 7) is 3.75. The van der Waals surface area contributed by atoms with Gasteiger partial charge in [-0.15, -0.1) is 0 Å². The molecule has 8 heteroatoms. The zero-order chi connectivity index (χ0) is 26.4. The van der Waals surface area contributed by atoms with Crippen LogP contribution in [0.3, 0.4) is 0 Å². The molecule has 4 aromatic carbocycles. The van der Waals surface area contributed by atoms with Crippen LogP contribution in [0, 0.1) is 6.92 Å². The van der Waals surface area contributed by atoms with Gasteiger partial charge < -0.3 is 0 Å². The molecule has 0 unspecified atom stereocenters. The van der Waals surface area contributed by atoms with E-state index in [9.17, 15) is 13.2 Å². The van der Waals surface area contributed by atoms with Crippen LogP contribution >= 0.6 is 15.9 Å². The zero-order valence-corrected chi connectivity index (χ0v) is 22.8. The Morgan fingerprint density at radius 2 is 1.49 bits per heavy atom. The van der Waals surface area contributed by atoms with Gasteiger partial charge >= 0.3 is 0 Å². The summed E-state index contributed by atoms with van der Waals surface area (Å²) in [5.74, 6) is -0.510. The molecule has 4 aromatic rings. The fraction of sp³-hybridized carbons (Fsp3) is 0.103. The number of nitrogens with one attached hydrogen (secondary N) is 1. The standard InChI is InChI=1S/C29H26BrN3O3S/c1-21-12-18-26(19-13-21)37(35,36)33(20-23-8-4-3-5-9-23)28-11-7-6-10-27(28)29(34)32-31-22(2)24-14-16-25(30)17-15-24/h3-19H,20H2,1-2H3,(H,32,34). The summed E-state index contributed by atoms with van der Waals surface area (Å²) in [4.78, 5) is 13.4. The minimum absolute atomic E-state index is 0.0581. The predicted molar refractivity (Wildman–Crippen MR) is 151 cm³/mol. The van der Waals surface area contributed by atoms with Crippen LogP contribution in [0.15, 0.2) is 118 Å². The van der Waals surface area contributed by atoms with Gasteiger partial charge in [0.05, 0.1) is 28.4 Å². The van der Waals surface area contributed by atoms with Crippen molar-refractivity contribution < 1.29 is 13.2 Å². The van der Waals surface area contributed by atoms with Crippen LogP contribution in [-0.2, 0) is 16.6 Å². The Balaban J connectivity index is 1.72. The second-order valence-corrected chi connectivity index (χ2v) is 11.3. The first kappa shape index (κ1) is 26.3. The number of nitrogens with zero attached hydrogens (tertiary/aromatic N) is 2. The fourth-order valence-electron chi connectivity index (χ4n) is 3.72. The smallest absolute Gasteiger partial charge is 0.267 e. The van der Waals surface area contributed by atoms with Gasteiger partial charge in [0.25, 0.3) is 15.9 Å². The molecular weight excluding hydrogens is 550 g/mol. The number of para-hydroxylation sites is 1. The number of sulfonamides is 1. The van der Waals surface area contributed by atoms with E-state index in [0.29, 0.717) is 5.71 Å². The average Bonchev–Trinajstić information content (AvgIpc) is 2.91. The molecule has 0 aliphatic rings. The maximum absolute atomic E-state index is 13.9. The summed E-state index contributed by atoms with van der Waals surface area (Å²) >= 11 is 3.41. The number of benzene rings is 4. The molecule has 0 atom stereocenters. The molecule has 0 bridgehead atoms. The molecule has 0 spiro atoms. The molecule has 37 heavy (non-hydrogen) atoms. The lowest BCUT2D eigenvalue weighted by Gasteiger charge is -2.26. The van der Waals surface area contributed by atoms with Crippen molar-refractivity contribution in [2.75, 3.05) is 4.31 Å². The van der Waals surface area contributed by atoms with Crippen molar-refractivity contribution in [2.45, 2.75) is 25.3 Å². The second kappa shape index (κ2) is 11.5. The molecule has 0 saturated carbocycles. The number of rotatable bonds is 8. The van der Waals surface area contributed by atoms with E-state index in [-0.39, 0.29) is 22.7 Å². The van der Waals surface area contributed by atoms with E-state index in [0.717, 1.165) is 21.2 Å². The molecule has 0 aliphatic heterocycles. The summed E-state index contributed by atoms with van der Waals surface area (Å²) in [7, 11) is -3.99. The minimum Gasteiger partial charge on any atom is -0.267 e. The third-order valence-electron chi connectivity index (χ3n) is 5.78. The summed E-state index contributed by atoms with van der Waals surface area (Å²) in [6.07, 6.45) is 0. The third kappa shape index (κ3) is 6.34. The van der Waals surface area contributed by atoms with E-state index in [1.165, 1.54) is 4.31 Å². The highest BCUT2D eigenvalue weighted by Crippen LogP contribution is 2.29. The highest BCUT2D eigenvalue weighted by Gasteiger charge is 2.28. The van der Waals surface area contributed by atoms with E-state index < -0.39 is 15.9 Å². The first-order valence-electron chi connectivity index (χ1n) is 11.6. The first-order chi connectivity index (χ1) is 17.8. The Bertz CT molecular complexity index is 1520. The number of amides is 1. The molecule has 188 valence electrons. The predicted octanol–water partition coefficient (Wildman–Crippen LogP) is 6.31. The van der Waals surface area contributed by atoms with Crippen LogP contribution in [0.25, 0.3) is 0 Å². The highest BCUT2D eigenvalue weighted by atomic mass is 79.9. The van der Waals surface area contributed by atoms with E-state index >= 15 is 0 Å². The van der Waals surface area contributed by atoms with E-state index in [1.54, 1.807) is 55.5 Å². The number of hydrogen-bond donors (Lipinski definition) is 1. The van der Waals surface area contributed by atoms with Gasteiger partial charge in [-0.2, -0.15) is 5.10 Å². The van der Waals surface area contributed by atoms with Gasteiger partial charge in [0, 0.05) is 4.47 Å². The van der Waals surface area contributed by atoms with Crippen molar-refractivity contribution in [3.05, 3.63) is 130 Å². The topological polar surface area (TPSA) is 78.8 Å². The Morgan fingerprint density at radius 1 is 0.865 bits per heavy atom. The zero-order valence-electron chi connectivity index (χ0n) is 20.4. The van der Waals surface area contributed by atoms with Crippen molar-refractivity contribution in [3.8, 4) is 0 Å². The first-order valence-corrected chi connectivity index (χ1v) is 13.8. The van der Waals surface area contributed by atoms with Crippen LogP contribution in [0.5, 0.6) is 0 Å². The Labute approximate surface area is 225 Å². The highest BCUT2D eigenvalue weighted by molar-refractivity contribution is 9.10. The number of halogens is 1. The molecule has 0 fully saturated rings. The lowest BCUT2D eigenvalue weighted by Crippen LogP contribution is -2.33. The fourth-order valence-corrected chi connectivity index (χ4v) is 5.46. The maximum Gasteiger partial charge on any atom is 0.273 e. The molecule has 0 heterocycles. The van der Waals surface area contributed by atoms with E-state index in [1.807, 2.05) is 61.5 Å². The molecule has 1 N–H and O–H groups in total. The van der Waals surface area contributed by atoms with Crippen LogP contribution < -0.4 is 9.73 Å². The second-order valence-electron chi connectivity index (χ2n) is 8.47. The van der Waals surface area contributed by atoms with Gasteiger partial charge in [-0.1, -0.05) is 88.2 Å². The van der Waals surface area contributed by atoms with Crippen LogP contribution in [-0.4, -0.2) is 20.0 Å². The molecule has 4 rings (SSSR count). The Morgan fingerprint density at radius 3 is 2.16 bits per heavy atom. The van der Waals surface area contributed by atoms with Gasteiger partial charge in [0.15, 0.2) is 0 Å². The quantitative estimate of drug-likeness (QED) is 0.197. The number of hydrogen-bond acceptors (Lipinski definition) is 4. The molecule has 1 amide bonds. The Hall–Kier alpha value is -3.75. The van der Waals surface area contributed by atoms with Gasteiger partial charge in [-0.3, -0.25) is 9.10 Å². The van der Waals surface area contributed by atoms with Crippen molar-refractivity contribution in [1.29, 1.82) is 0 Å². The van der Waals surface area contributed by atoms with Crippen LogP contribution in [0.1, 0.15) is 34.0 Å². The number of aryl methyl sites for hydroxylation is 1. The SMILES string of the molecule is CC(=NNC(=O)c1ccccc1N(Cc1ccccc1)S(=O)(=O)c1ccc(C)cc1)c1ccc(Br)cc1. The number of anilines is 1. The summed E-state index contributed by atoms with van der Waals surface area (Å²) in [5, 5.41) is 4.25. The molecule has 0 aromatic heterocycles. The van der Waals surface area contributed by atoms with Gasteiger partial charge in [0.2, 0.25) is 0 Å². The largest absolute Gasteiger partial charge is 0.273 e. The molecule has 0 saturated heterocycles. The van der Waals surface area contributed by atoms with Gasteiger partial charge in [-0.25, -0.2) is 13.8 Å². The normalized spacial score (nSPS) is 11.7. The van der Waals surface area contributed by atoms with E-state index in [2.05, 4.69) is 26.5 Å². The monoisotopic (exact) mass is 575 g/mol. The van der Waals surface area contributed by atoms with Crippen molar-refractivity contribution in [2.24, 2.45) is 5.10 Å². The lowest BCUT2D eigenvalue weighted by molar-refractivity contribution is 0.0955. The van der Waals surface area contributed by atoms with Crippen LogP contribution in [0.4, 0.5) is 5.69 Å². The summed E-state index contributed by atoms with van der Waals surface area (Å²) in [6, 6.07) is 30.2. The molecule has 0 aliphatic carbocycles. The molecule has 6 nitrogen and oxygen atoms in total. The maximum atomic E-state index is 13.9. The summed E-state index contributed by atoms with van der Waals surface area (Å²) < 4.78 is 29.9. The molecular formula is C29H26BrN3O3S. The molecule has 0 radical (unpaired) electrons. The van der Waals surface area contributed by atoms with Crippen LogP contribution in [0.2, 0.25) is 0 Å². The van der Waals surface area contributed by atoms with Crippen molar-refractivity contribution in [1.82, 2.24) is 5.43 Å².